The number of carbonyl (C=O) groups excluding carboxylic acids is 2. The molecule has 5 heteroatoms. The molecule has 4 nitrogen and oxygen atoms in total. The molecule has 4 saturated carbocycles. The Kier molecular flexibility index (Phi) is 5.37. The number of nitrogens with one attached hydrogen (secondary N) is 1. The second-order valence-electron chi connectivity index (χ2n) is 13.0. The van der Waals surface area contributed by atoms with Gasteiger partial charge in [0.25, 0.3) is 0 Å². The molecule has 6 atom stereocenters. The second-order valence-corrected chi connectivity index (χ2v) is 13.4. The molecule has 1 aromatic rings. The van der Waals surface area contributed by atoms with Gasteiger partial charge in [0.05, 0.1) is 0 Å². The molecular formula is C29H40N2O2S. The number of nitrogens with zero attached hydrogens (tertiary/aromatic N) is 1. The van der Waals surface area contributed by atoms with Crippen molar-refractivity contribution in [2.24, 2.45) is 45.3 Å². The number of ketones is 2. The summed E-state index contributed by atoms with van der Waals surface area (Å²) in [6, 6.07) is 9.97. The van der Waals surface area contributed by atoms with Crippen LogP contribution in [-0.2, 0) is 9.59 Å². The van der Waals surface area contributed by atoms with Crippen LogP contribution in [0.1, 0.15) is 67.2 Å². The molecule has 1 aromatic carbocycles. The van der Waals surface area contributed by atoms with E-state index >= 15 is 0 Å². The number of anilines is 1. The van der Waals surface area contributed by atoms with E-state index in [9.17, 15) is 9.59 Å². The zero-order valence-electron chi connectivity index (χ0n) is 21.6. The van der Waals surface area contributed by atoms with Crippen molar-refractivity contribution in [2.75, 3.05) is 18.4 Å². The molecule has 4 aliphatic rings. The van der Waals surface area contributed by atoms with E-state index in [1.165, 1.54) is 0 Å². The van der Waals surface area contributed by atoms with Gasteiger partial charge in [-0.15, -0.1) is 0 Å². The van der Waals surface area contributed by atoms with Crippen LogP contribution in [0.2, 0.25) is 0 Å². The monoisotopic (exact) mass is 480 g/mol. The van der Waals surface area contributed by atoms with Gasteiger partial charge in [-0.25, -0.2) is 0 Å². The third kappa shape index (κ3) is 3.04. The van der Waals surface area contributed by atoms with E-state index < -0.39 is 0 Å². The van der Waals surface area contributed by atoms with Gasteiger partial charge in [-0.2, -0.15) is 0 Å². The number of fused-ring (bicyclic) bond motifs is 4. The van der Waals surface area contributed by atoms with Gasteiger partial charge in [0.1, 0.15) is 11.6 Å². The molecule has 4 aliphatic carbocycles. The van der Waals surface area contributed by atoms with Gasteiger partial charge in [0, 0.05) is 41.4 Å². The van der Waals surface area contributed by atoms with E-state index in [0.29, 0.717) is 41.6 Å². The predicted molar refractivity (Wildman–Crippen MR) is 140 cm³/mol. The minimum atomic E-state index is -0.250. The molecule has 4 bridgehead atoms. The molecule has 0 aliphatic heterocycles. The van der Waals surface area contributed by atoms with E-state index in [4.69, 9.17) is 12.2 Å². The summed E-state index contributed by atoms with van der Waals surface area (Å²) in [6.45, 7) is 14.6. The lowest BCUT2D eigenvalue weighted by atomic mass is 9.70. The van der Waals surface area contributed by atoms with Crippen molar-refractivity contribution in [1.29, 1.82) is 0 Å². The van der Waals surface area contributed by atoms with Crippen LogP contribution >= 0.6 is 12.2 Å². The molecule has 0 heterocycles. The zero-order valence-corrected chi connectivity index (χ0v) is 22.4. The second kappa shape index (κ2) is 7.62. The summed E-state index contributed by atoms with van der Waals surface area (Å²) < 4.78 is 0. The molecule has 4 fully saturated rings. The highest BCUT2D eigenvalue weighted by Gasteiger charge is 2.68. The Labute approximate surface area is 210 Å². The molecule has 0 spiro atoms. The minimum absolute atomic E-state index is 0.00656. The van der Waals surface area contributed by atoms with E-state index in [-0.39, 0.29) is 33.5 Å². The van der Waals surface area contributed by atoms with E-state index in [2.05, 4.69) is 51.8 Å². The van der Waals surface area contributed by atoms with Crippen LogP contribution in [0.15, 0.2) is 30.3 Å². The van der Waals surface area contributed by atoms with Gasteiger partial charge in [0.2, 0.25) is 0 Å². The Morgan fingerprint density at radius 2 is 1.29 bits per heavy atom. The Balaban J connectivity index is 1.43. The lowest BCUT2D eigenvalue weighted by Crippen LogP contribution is -2.47. The third-order valence-electron chi connectivity index (χ3n) is 11.5. The van der Waals surface area contributed by atoms with Gasteiger partial charge < -0.3 is 10.2 Å². The maximum Gasteiger partial charge on any atom is 0.173 e. The predicted octanol–water partition coefficient (Wildman–Crippen LogP) is 5.97. The van der Waals surface area contributed by atoms with Gasteiger partial charge in [0.15, 0.2) is 5.11 Å². The van der Waals surface area contributed by atoms with Crippen LogP contribution in [0.4, 0.5) is 5.69 Å². The van der Waals surface area contributed by atoms with Crippen molar-refractivity contribution < 1.29 is 9.59 Å². The van der Waals surface area contributed by atoms with Crippen LogP contribution < -0.4 is 5.32 Å². The average molecular weight is 481 g/mol. The van der Waals surface area contributed by atoms with Gasteiger partial charge in [-0.05, 0) is 72.7 Å². The maximum absolute atomic E-state index is 13.6. The number of hydrogen-bond donors (Lipinski definition) is 1. The van der Waals surface area contributed by atoms with Gasteiger partial charge >= 0.3 is 0 Å². The Morgan fingerprint density at radius 3 is 1.68 bits per heavy atom. The fourth-order valence-electron chi connectivity index (χ4n) is 8.41. The summed E-state index contributed by atoms with van der Waals surface area (Å²) in [6.07, 6.45) is 4.18. The first-order chi connectivity index (χ1) is 15.8. The van der Waals surface area contributed by atoms with Crippen LogP contribution in [0, 0.1) is 45.3 Å². The van der Waals surface area contributed by atoms with Crippen LogP contribution in [0.3, 0.4) is 0 Å². The van der Waals surface area contributed by atoms with Crippen molar-refractivity contribution >= 4 is 34.6 Å². The first-order valence-electron chi connectivity index (χ1n) is 13.0. The van der Waals surface area contributed by atoms with Gasteiger partial charge in [-0.3, -0.25) is 9.59 Å². The average Bonchev–Trinajstić information content (AvgIpc) is 3.26. The van der Waals surface area contributed by atoms with Crippen molar-refractivity contribution in [3.05, 3.63) is 30.3 Å². The molecule has 184 valence electrons. The molecule has 0 saturated heterocycles. The summed E-state index contributed by atoms with van der Waals surface area (Å²) >= 11 is 5.94. The highest BCUT2D eigenvalue weighted by atomic mass is 32.1. The van der Waals surface area contributed by atoms with E-state index in [1.54, 1.807) is 0 Å². The Morgan fingerprint density at radius 1 is 0.853 bits per heavy atom. The normalized spacial score (nSPS) is 39.0. The summed E-state index contributed by atoms with van der Waals surface area (Å²) in [5, 5.41) is 4.03. The van der Waals surface area contributed by atoms with Gasteiger partial charge in [-0.1, -0.05) is 59.7 Å². The summed E-state index contributed by atoms with van der Waals surface area (Å²) in [4.78, 5) is 29.5. The molecule has 1 N–H and O–H groups in total. The van der Waals surface area contributed by atoms with Crippen molar-refractivity contribution in [3.8, 4) is 0 Å². The summed E-state index contributed by atoms with van der Waals surface area (Å²) in [5.41, 5.74) is 0.454. The van der Waals surface area contributed by atoms with Crippen LogP contribution in [-0.4, -0.2) is 34.7 Å². The smallest absolute Gasteiger partial charge is 0.173 e. The van der Waals surface area contributed by atoms with Crippen LogP contribution in [0.5, 0.6) is 0 Å². The summed E-state index contributed by atoms with van der Waals surface area (Å²) in [7, 11) is 0. The van der Waals surface area contributed by atoms with E-state index in [0.717, 1.165) is 31.4 Å². The highest BCUT2D eigenvalue weighted by molar-refractivity contribution is 7.80. The lowest BCUT2D eigenvalue weighted by molar-refractivity contribution is -0.132. The van der Waals surface area contributed by atoms with Crippen molar-refractivity contribution in [2.45, 2.75) is 67.2 Å². The lowest BCUT2D eigenvalue weighted by Gasteiger charge is -2.36. The maximum atomic E-state index is 13.6. The molecule has 34 heavy (non-hydrogen) atoms. The SMILES string of the molecule is CC1(C)[C@@H]2CC[C@]1(C)C(=O)[C@H]2CN(C[C@@H]1C(=O)[C@@]2(C)CC[C@@H]1C2(C)C)C(=S)Nc1ccccc1. The van der Waals surface area contributed by atoms with Crippen molar-refractivity contribution in [1.82, 2.24) is 4.90 Å². The first kappa shape index (κ1) is 24.0. The fourth-order valence-corrected chi connectivity index (χ4v) is 8.67. The standard InChI is InChI=1S/C29H40N2O2S/c1-26(2)21-12-14-28(26,5)23(32)19(21)16-31(25(34)30-18-10-8-7-9-11-18)17-20-22-13-15-29(6,24(20)33)27(22,3)4/h7-11,19-22H,12-17H2,1-6H3,(H,30,34)/t19-,20-,21-,22+,28+,29+/m0/s1. The molecule has 5 rings (SSSR count). The molecule has 0 unspecified atom stereocenters. The largest absolute Gasteiger partial charge is 0.348 e. The van der Waals surface area contributed by atoms with Crippen LogP contribution in [0.25, 0.3) is 0 Å². The summed E-state index contributed by atoms with van der Waals surface area (Å²) in [5.74, 6) is 1.48. The Bertz CT molecular complexity index is 978. The number of rotatable bonds is 5. The quantitative estimate of drug-likeness (QED) is 0.526. The number of hydrogen-bond acceptors (Lipinski definition) is 3. The number of benzene rings is 1. The van der Waals surface area contributed by atoms with Crippen molar-refractivity contribution in [3.63, 3.8) is 0 Å². The molecule has 0 radical (unpaired) electrons. The Hall–Kier alpha value is -1.75. The fraction of sp³-hybridized carbons (Fsp3) is 0.690. The van der Waals surface area contributed by atoms with E-state index in [1.807, 2.05) is 30.3 Å². The third-order valence-corrected chi connectivity index (χ3v) is 11.8. The topological polar surface area (TPSA) is 49.4 Å². The molecule has 0 amide bonds. The number of thiocarbonyl (C=S) groups is 1. The number of para-hydroxylation sites is 1. The zero-order chi connectivity index (χ0) is 24.7. The first-order valence-corrected chi connectivity index (χ1v) is 13.4. The molecule has 0 aromatic heterocycles. The molecular weight excluding hydrogens is 440 g/mol. The highest BCUT2D eigenvalue weighted by Crippen LogP contribution is 2.67. The number of Topliss-reactive ketones (excluding diaryl/α,β-unsaturated/α-hetero) is 2. The number of carbonyl (C=O) groups is 2. The minimum Gasteiger partial charge on any atom is -0.348 e.